The van der Waals surface area contributed by atoms with Gasteiger partial charge in [0.1, 0.15) is 5.39 Å². The fraction of sp³-hybridized carbons (Fsp3) is 0.143. The third kappa shape index (κ3) is 2.42. The number of nitrogens with zero attached hydrogens (tertiary/aromatic N) is 5. The van der Waals surface area contributed by atoms with Crippen molar-refractivity contribution in [2.45, 2.75) is 11.7 Å². The molecule has 0 aromatic carbocycles. The zero-order valence-electron chi connectivity index (χ0n) is 11.7. The number of thioether (sulfide) groups is 1. The van der Waals surface area contributed by atoms with Crippen LogP contribution in [0, 0.1) is 0 Å². The summed E-state index contributed by atoms with van der Waals surface area (Å²) in [6.45, 7) is 4.04. The lowest BCUT2D eigenvalue weighted by Gasteiger charge is -2.09. The molecular formula is C14H12ClN5OS. The molecule has 6 nitrogen and oxygen atoms in total. The Morgan fingerprint density at radius 1 is 1.36 bits per heavy atom. The van der Waals surface area contributed by atoms with E-state index in [0.29, 0.717) is 33.6 Å². The summed E-state index contributed by atoms with van der Waals surface area (Å²) in [7, 11) is 0. The van der Waals surface area contributed by atoms with Gasteiger partial charge in [-0.25, -0.2) is 24.3 Å². The highest BCUT2D eigenvalue weighted by molar-refractivity contribution is 7.98. The number of aromatic nitrogens is 5. The van der Waals surface area contributed by atoms with E-state index in [2.05, 4.69) is 21.5 Å². The molecule has 0 saturated heterocycles. The Morgan fingerprint density at radius 2 is 2.18 bits per heavy atom. The lowest BCUT2D eigenvalue weighted by Crippen LogP contribution is -2.22. The zero-order chi connectivity index (χ0) is 15.7. The molecule has 22 heavy (non-hydrogen) atoms. The first-order valence-corrected chi connectivity index (χ1v) is 8.01. The Kier molecular flexibility index (Phi) is 4.00. The Hall–Kier alpha value is -2.12. The van der Waals surface area contributed by atoms with Gasteiger partial charge < -0.3 is 0 Å². The van der Waals surface area contributed by atoms with Crippen LogP contribution in [0.15, 0.2) is 47.1 Å². The van der Waals surface area contributed by atoms with Crippen LogP contribution in [0.3, 0.4) is 0 Å². The Balaban J connectivity index is 2.38. The highest BCUT2D eigenvalue weighted by Gasteiger charge is 2.17. The molecule has 3 aromatic heterocycles. The van der Waals surface area contributed by atoms with E-state index < -0.39 is 0 Å². The summed E-state index contributed by atoms with van der Waals surface area (Å²) in [5, 5.41) is 1.56. The average molecular weight is 334 g/mol. The van der Waals surface area contributed by atoms with Gasteiger partial charge in [-0.05, 0) is 18.4 Å². The highest BCUT2D eigenvalue weighted by atomic mass is 35.5. The maximum atomic E-state index is 12.5. The monoisotopic (exact) mass is 333 g/mol. The first-order chi connectivity index (χ1) is 10.7. The molecule has 0 aliphatic heterocycles. The molecular weight excluding hydrogens is 322 g/mol. The van der Waals surface area contributed by atoms with Crippen LogP contribution in [-0.2, 0) is 6.54 Å². The average Bonchev–Trinajstić information content (AvgIpc) is 2.81. The molecule has 0 bridgehead atoms. The summed E-state index contributed by atoms with van der Waals surface area (Å²) in [5.41, 5.74) is 0.334. The van der Waals surface area contributed by atoms with E-state index in [0.717, 1.165) is 0 Å². The standard InChI is InChI=1S/C14H12ClN5OS/c1-3-6-19-13(21)10-8-17-14(22-2)18-12(10)20(19)11-5-4-9(15)7-16-11/h3-5,7-8H,1,6H2,2H3. The lowest BCUT2D eigenvalue weighted by molar-refractivity contribution is 0.596. The van der Waals surface area contributed by atoms with Crippen LogP contribution in [0.1, 0.15) is 0 Å². The minimum Gasteiger partial charge on any atom is -0.267 e. The molecule has 3 heterocycles. The second-order valence-corrected chi connectivity index (χ2v) is 5.63. The number of allylic oxidation sites excluding steroid dienone is 1. The van der Waals surface area contributed by atoms with Crippen molar-refractivity contribution in [3.63, 3.8) is 0 Å². The molecule has 0 spiro atoms. The Labute approximate surface area is 135 Å². The molecule has 8 heteroatoms. The smallest absolute Gasteiger partial charge is 0.267 e. The van der Waals surface area contributed by atoms with Crippen molar-refractivity contribution in [3.8, 4) is 5.82 Å². The van der Waals surface area contributed by atoms with Crippen molar-refractivity contribution in [2.75, 3.05) is 6.26 Å². The molecule has 0 unspecified atom stereocenters. The fourth-order valence-corrected chi connectivity index (χ4v) is 2.57. The van der Waals surface area contributed by atoms with E-state index in [1.54, 1.807) is 29.1 Å². The van der Waals surface area contributed by atoms with Crippen LogP contribution >= 0.6 is 23.4 Å². The van der Waals surface area contributed by atoms with E-state index in [1.165, 1.54) is 22.6 Å². The summed E-state index contributed by atoms with van der Waals surface area (Å²) in [4.78, 5) is 25.4. The number of fused-ring (bicyclic) bond motifs is 1. The molecule has 0 saturated carbocycles. The SMILES string of the molecule is C=CCn1c(=O)c2cnc(SC)nc2n1-c1ccc(Cl)cn1. The van der Waals surface area contributed by atoms with Gasteiger partial charge in [-0.1, -0.05) is 29.4 Å². The molecule has 0 fully saturated rings. The van der Waals surface area contributed by atoms with Gasteiger partial charge in [0.2, 0.25) is 0 Å². The topological polar surface area (TPSA) is 65.6 Å². The van der Waals surface area contributed by atoms with Crippen LogP contribution in [0.5, 0.6) is 0 Å². The normalized spacial score (nSPS) is 11.0. The molecule has 3 aromatic rings. The maximum absolute atomic E-state index is 12.5. The largest absolute Gasteiger partial charge is 0.278 e. The van der Waals surface area contributed by atoms with Crippen molar-refractivity contribution in [1.82, 2.24) is 24.3 Å². The van der Waals surface area contributed by atoms with Crippen molar-refractivity contribution < 1.29 is 0 Å². The van der Waals surface area contributed by atoms with Gasteiger partial charge in [0.15, 0.2) is 16.6 Å². The van der Waals surface area contributed by atoms with Gasteiger partial charge in [0.25, 0.3) is 5.56 Å². The molecule has 112 valence electrons. The van der Waals surface area contributed by atoms with Gasteiger partial charge in [-0.3, -0.25) is 4.79 Å². The van der Waals surface area contributed by atoms with Gasteiger partial charge >= 0.3 is 0 Å². The predicted molar refractivity (Wildman–Crippen MR) is 87.9 cm³/mol. The van der Waals surface area contributed by atoms with Crippen molar-refractivity contribution in [1.29, 1.82) is 0 Å². The summed E-state index contributed by atoms with van der Waals surface area (Å²) in [6, 6.07) is 3.46. The first kappa shape index (κ1) is 14.8. The molecule has 0 aliphatic rings. The summed E-state index contributed by atoms with van der Waals surface area (Å²) >= 11 is 7.30. The zero-order valence-corrected chi connectivity index (χ0v) is 13.3. The number of pyridine rings is 1. The second kappa shape index (κ2) is 5.94. The van der Waals surface area contributed by atoms with Gasteiger partial charge in [-0.2, -0.15) is 0 Å². The summed E-state index contributed by atoms with van der Waals surface area (Å²) in [5.74, 6) is 0.559. The van der Waals surface area contributed by atoms with Crippen molar-refractivity contribution >= 4 is 34.4 Å². The minimum atomic E-state index is -0.181. The van der Waals surface area contributed by atoms with Gasteiger partial charge in [-0.15, -0.1) is 6.58 Å². The number of rotatable bonds is 4. The summed E-state index contributed by atoms with van der Waals surface area (Å²) < 4.78 is 3.18. The third-order valence-corrected chi connectivity index (χ3v) is 3.85. The Morgan fingerprint density at radius 3 is 2.82 bits per heavy atom. The number of halogens is 1. The van der Waals surface area contributed by atoms with Crippen molar-refractivity contribution in [3.05, 3.63) is 52.6 Å². The molecule has 0 N–H and O–H groups in total. The van der Waals surface area contributed by atoms with E-state index >= 15 is 0 Å². The van der Waals surface area contributed by atoms with Gasteiger partial charge in [0.05, 0.1) is 11.6 Å². The molecule has 0 amide bonds. The molecule has 0 radical (unpaired) electrons. The number of hydrogen-bond donors (Lipinski definition) is 0. The second-order valence-electron chi connectivity index (χ2n) is 4.42. The van der Waals surface area contributed by atoms with E-state index in [4.69, 9.17) is 11.6 Å². The first-order valence-electron chi connectivity index (χ1n) is 6.41. The van der Waals surface area contributed by atoms with Gasteiger partial charge in [0, 0.05) is 12.4 Å². The lowest BCUT2D eigenvalue weighted by atomic mass is 10.4. The van der Waals surface area contributed by atoms with Crippen LogP contribution in [0.4, 0.5) is 0 Å². The van der Waals surface area contributed by atoms with Crippen LogP contribution < -0.4 is 5.56 Å². The molecule has 3 rings (SSSR count). The quantitative estimate of drug-likeness (QED) is 0.417. The van der Waals surface area contributed by atoms with Crippen LogP contribution in [0.25, 0.3) is 16.9 Å². The van der Waals surface area contributed by atoms with E-state index in [9.17, 15) is 4.79 Å². The van der Waals surface area contributed by atoms with Crippen LogP contribution in [0.2, 0.25) is 5.02 Å². The Bertz CT molecular complexity index is 900. The van der Waals surface area contributed by atoms with E-state index in [-0.39, 0.29) is 5.56 Å². The van der Waals surface area contributed by atoms with E-state index in [1.807, 2.05) is 6.26 Å². The summed E-state index contributed by atoms with van der Waals surface area (Å²) in [6.07, 6.45) is 6.60. The maximum Gasteiger partial charge on any atom is 0.278 e. The highest BCUT2D eigenvalue weighted by Crippen LogP contribution is 2.18. The predicted octanol–water partition coefficient (Wildman–Crippen LogP) is 2.54. The molecule has 0 atom stereocenters. The minimum absolute atomic E-state index is 0.181. The third-order valence-electron chi connectivity index (χ3n) is 3.07. The molecule has 0 aliphatic carbocycles. The van der Waals surface area contributed by atoms with Crippen molar-refractivity contribution in [2.24, 2.45) is 0 Å². The fourth-order valence-electron chi connectivity index (χ4n) is 2.12. The number of hydrogen-bond acceptors (Lipinski definition) is 5. The van der Waals surface area contributed by atoms with Crippen LogP contribution in [-0.4, -0.2) is 30.6 Å².